The van der Waals surface area contributed by atoms with Gasteiger partial charge in [-0.2, -0.15) is 0 Å². The van der Waals surface area contributed by atoms with Gasteiger partial charge in [0.15, 0.2) is 10.9 Å². The highest BCUT2D eigenvalue weighted by atomic mass is 35.5. The fourth-order valence-electron chi connectivity index (χ4n) is 2.15. The van der Waals surface area contributed by atoms with E-state index in [1.807, 2.05) is 31.2 Å². The van der Waals surface area contributed by atoms with Crippen LogP contribution in [0.5, 0.6) is 0 Å². The maximum absolute atomic E-state index is 12.3. The Kier molecular flexibility index (Phi) is 5.77. The van der Waals surface area contributed by atoms with Crippen molar-refractivity contribution in [2.75, 3.05) is 5.32 Å². The molecule has 5 nitrogen and oxygen atoms in total. The molecule has 0 saturated carbocycles. The molecule has 2 heterocycles. The van der Waals surface area contributed by atoms with Crippen molar-refractivity contribution in [3.8, 4) is 0 Å². The number of pyridine rings is 1. The summed E-state index contributed by atoms with van der Waals surface area (Å²) in [5, 5.41) is 6.93. The van der Waals surface area contributed by atoms with Gasteiger partial charge in [0, 0.05) is 17.1 Å². The van der Waals surface area contributed by atoms with Gasteiger partial charge in [-0.25, -0.2) is 4.98 Å². The van der Waals surface area contributed by atoms with E-state index >= 15 is 0 Å². The van der Waals surface area contributed by atoms with Crippen molar-refractivity contribution in [2.24, 2.45) is 0 Å². The van der Waals surface area contributed by atoms with Crippen LogP contribution in [-0.2, 0) is 0 Å². The van der Waals surface area contributed by atoms with E-state index in [4.69, 9.17) is 28.2 Å². The van der Waals surface area contributed by atoms with E-state index < -0.39 is 5.91 Å². The molecule has 0 spiro atoms. The molecule has 0 unspecified atom stereocenters. The number of para-hydroxylation sites is 1. The average Bonchev–Trinajstić information content (AvgIpc) is 2.87. The number of furan rings is 1. The van der Waals surface area contributed by atoms with E-state index in [2.05, 4.69) is 15.6 Å². The molecular formula is C16H13Cl2N3O2S. The largest absolute Gasteiger partial charge is 0.451 e. The number of thiocarbonyl (C=S) groups is 1. The van der Waals surface area contributed by atoms with Crippen LogP contribution >= 0.6 is 36.2 Å². The molecule has 0 fully saturated rings. The number of anilines is 1. The van der Waals surface area contributed by atoms with Gasteiger partial charge in [-0.3, -0.25) is 10.1 Å². The molecule has 8 heteroatoms. The number of aromatic nitrogens is 1. The molecule has 0 aliphatic heterocycles. The van der Waals surface area contributed by atoms with Gasteiger partial charge in [0.05, 0.1) is 5.02 Å². The lowest BCUT2D eigenvalue weighted by Crippen LogP contribution is -2.34. The molecule has 1 amide bonds. The summed E-state index contributed by atoms with van der Waals surface area (Å²) < 4.78 is 5.59. The lowest BCUT2D eigenvalue weighted by atomic mass is 10.1. The maximum atomic E-state index is 12.3. The number of carbonyl (C=O) groups excluding carboxylic acids is 1. The molecule has 124 valence electrons. The quantitative estimate of drug-likeness (QED) is 0.646. The first-order valence-electron chi connectivity index (χ1n) is 6.76. The number of nitrogens with zero attached hydrogens (tertiary/aromatic N) is 1. The van der Waals surface area contributed by atoms with Crippen molar-refractivity contribution < 1.29 is 9.21 Å². The van der Waals surface area contributed by atoms with Crippen LogP contribution in [0, 0.1) is 6.92 Å². The van der Waals surface area contributed by atoms with Gasteiger partial charge in [0.25, 0.3) is 5.91 Å². The summed E-state index contributed by atoms with van der Waals surface area (Å²) in [4.78, 5) is 16.4. The minimum absolute atomic E-state index is 0. The lowest BCUT2D eigenvalue weighted by molar-refractivity contribution is 0.0952. The molecular weight excluding hydrogens is 369 g/mol. The van der Waals surface area contributed by atoms with Gasteiger partial charge < -0.3 is 9.73 Å². The van der Waals surface area contributed by atoms with E-state index in [1.54, 1.807) is 12.1 Å². The highest BCUT2D eigenvalue weighted by molar-refractivity contribution is 7.80. The van der Waals surface area contributed by atoms with E-state index in [0.717, 1.165) is 10.9 Å². The molecule has 0 bridgehead atoms. The average molecular weight is 382 g/mol. The van der Waals surface area contributed by atoms with E-state index in [9.17, 15) is 4.79 Å². The summed E-state index contributed by atoms with van der Waals surface area (Å²) in [5.41, 5.74) is 1.43. The standard InChI is InChI=1S/C16H12ClN3O2S.ClH/c1-9-11-4-2-3-5-12(11)22-14(9)15(21)20-16(23)19-13-7-6-10(17)8-18-13;/h2-8H,1H3,(H2,18,19,20,21,23);1H. The highest BCUT2D eigenvalue weighted by Gasteiger charge is 2.18. The zero-order valence-corrected chi connectivity index (χ0v) is 14.9. The zero-order valence-electron chi connectivity index (χ0n) is 12.5. The topological polar surface area (TPSA) is 67.2 Å². The van der Waals surface area contributed by atoms with Crippen LogP contribution < -0.4 is 10.6 Å². The predicted octanol–water partition coefficient (Wildman–Crippen LogP) is 4.34. The Labute approximate surface area is 154 Å². The molecule has 0 atom stereocenters. The summed E-state index contributed by atoms with van der Waals surface area (Å²) in [7, 11) is 0. The number of hydrogen-bond donors (Lipinski definition) is 2. The summed E-state index contributed by atoms with van der Waals surface area (Å²) in [6.45, 7) is 1.83. The number of aryl methyl sites for hydroxylation is 1. The molecule has 0 saturated heterocycles. The first-order chi connectivity index (χ1) is 11.0. The smallest absolute Gasteiger partial charge is 0.293 e. The third-order valence-corrected chi connectivity index (χ3v) is 3.67. The molecule has 2 N–H and O–H groups in total. The van der Waals surface area contributed by atoms with E-state index in [1.165, 1.54) is 6.20 Å². The van der Waals surface area contributed by atoms with Crippen LogP contribution in [0.3, 0.4) is 0 Å². The number of hydrogen-bond acceptors (Lipinski definition) is 4. The van der Waals surface area contributed by atoms with E-state index in [0.29, 0.717) is 16.4 Å². The number of benzene rings is 1. The SMILES string of the molecule is Cc1c(C(=O)NC(=S)Nc2ccc(Cl)cn2)oc2ccccc12.Cl. The Hall–Kier alpha value is -2.15. The summed E-state index contributed by atoms with van der Waals surface area (Å²) >= 11 is 10.9. The minimum Gasteiger partial charge on any atom is -0.451 e. The Morgan fingerprint density at radius 3 is 2.67 bits per heavy atom. The monoisotopic (exact) mass is 381 g/mol. The van der Waals surface area contributed by atoms with Crippen molar-refractivity contribution in [2.45, 2.75) is 6.92 Å². The van der Waals surface area contributed by atoms with Crippen molar-refractivity contribution in [1.29, 1.82) is 0 Å². The van der Waals surface area contributed by atoms with Crippen LogP contribution in [0.1, 0.15) is 16.1 Å². The van der Waals surface area contributed by atoms with Crippen molar-refractivity contribution in [1.82, 2.24) is 10.3 Å². The van der Waals surface area contributed by atoms with Crippen LogP contribution in [-0.4, -0.2) is 16.0 Å². The summed E-state index contributed by atoms with van der Waals surface area (Å²) in [5.74, 6) is 0.311. The summed E-state index contributed by atoms with van der Waals surface area (Å²) in [6.07, 6.45) is 1.48. The Morgan fingerprint density at radius 1 is 1.25 bits per heavy atom. The zero-order chi connectivity index (χ0) is 16.4. The molecule has 0 radical (unpaired) electrons. The molecule has 0 aliphatic carbocycles. The fourth-order valence-corrected chi connectivity index (χ4v) is 2.46. The van der Waals surface area contributed by atoms with Gasteiger partial charge in [0.2, 0.25) is 0 Å². The van der Waals surface area contributed by atoms with Crippen molar-refractivity contribution in [3.05, 3.63) is 58.9 Å². The first-order valence-corrected chi connectivity index (χ1v) is 7.55. The van der Waals surface area contributed by atoms with Crippen LogP contribution in [0.25, 0.3) is 11.0 Å². The number of carbonyl (C=O) groups is 1. The third kappa shape index (κ3) is 3.84. The Bertz CT molecular complexity index is 894. The summed E-state index contributed by atoms with van der Waals surface area (Å²) in [6, 6.07) is 10.8. The molecule has 1 aromatic carbocycles. The molecule has 3 rings (SSSR count). The van der Waals surface area contributed by atoms with Crippen molar-refractivity contribution in [3.63, 3.8) is 0 Å². The fraction of sp³-hybridized carbons (Fsp3) is 0.0625. The Morgan fingerprint density at radius 2 is 2.00 bits per heavy atom. The third-order valence-electron chi connectivity index (χ3n) is 3.25. The highest BCUT2D eigenvalue weighted by Crippen LogP contribution is 2.24. The number of halogens is 2. The second-order valence-corrected chi connectivity index (χ2v) is 5.67. The van der Waals surface area contributed by atoms with Crippen LogP contribution in [0.15, 0.2) is 47.0 Å². The molecule has 3 aromatic rings. The Balaban J connectivity index is 0.00000208. The van der Waals surface area contributed by atoms with Crippen LogP contribution in [0.4, 0.5) is 5.82 Å². The normalized spacial score (nSPS) is 10.1. The number of rotatable bonds is 2. The second kappa shape index (κ2) is 7.61. The van der Waals surface area contributed by atoms with Gasteiger partial charge in [0.1, 0.15) is 11.4 Å². The lowest BCUT2D eigenvalue weighted by Gasteiger charge is -2.08. The van der Waals surface area contributed by atoms with Gasteiger partial charge in [-0.1, -0.05) is 29.8 Å². The number of amides is 1. The van der Waals surface area contributed by atoms with Crippen molar-refractivity contribution >= 4 is 64.0 Å². The van der Waals surface area contributed by atoms with Crippen LogP contribution in [0.2, 0.25) is 5.02 Å². The van der Waals surface area contributed by atoms with Gasteiger partial charge in [-0.05, 0) is 37.3 Å². The molecule has 0 aliphatic rings. The maximum Gasteiger partial charge on any atom is 0.293 e. The number of nitrogens with one attached hydrogen (secondary N) is 2. The molecule has 2 aromatic heterocycles. The predicted molar refractivity (Wildman–Crippen MR) is 101 cm³/mol. The van der Waals surface area contributed by atoms with Gasteiger partial charge in [-0.15, -0.1) is 12.4 Å². The van der Waals surface area contributed by atoms with Gasteiger partial charge >= 0.3 is 0 Å². The minimum atomic E-state index is -0.412. The number of fused-ring (bicyclic) bond motifs is 1. The molecule has 24 heavy (non-hydrogen) atoms. The second-order valence-electron chi connectivity index (χ2n) is 4.82. The first kappa shape index (κ1) is 18.2. The van der Waals surface area contributed by atoms with E-state index in [-0.39, 0.29) is 23.3 Å².